The molecule has 0 spiro atoms. The summed E-state index contributed by atoms with van der Waals surface area (Å²) in [6.07, 6.45) is 0. The normalized spacial score (nSPS) is 11.0. The van der Waals surface area contributed by atoms with E-state index in [0.29, 0.717) is 45.3 Å². The summed E-state index contributed by atoms with van der Waals surface area (Å²) in [6, 6.07) is 34.3. The predicted molar refractivity (Wildman–Crippen MR) is 162 cm³/mol. The van der Waals surface area contributed by atoms with Crippen LogP contribution in [0.25, 0.3) is 44.9 Å². The van der Waals surface area contributed by atoms with Crippen molar-refractivity contribution in [1.29, 1.82) is 0 Å². The molecule has 7 aromatic rings. The molecule has 7 rings (SSSR count). The largest absolute Gasteiger partial charge is 0.457 e. The van der Waals surface area contributed by atoms with Crippen LogP contribution in [0.5, 0.6) is 23.0 Å². The number of ether oxygens (including phenoxy) is 2. The molecule has 0 amide bonds. The highest BCUT2D eigenvalue weighted by molar-refractivity contribution is 5.99. The highest BCUT2D eigenvalue weighted by Gasteiger charge is 2.21. The lowest BCUT2D eigenvalue weighted by Gasteiger charge is -2.08. The monoisotopic (exact) mass is 552 g/mol. The molecule has 42 heavy (non-hydrogen) atoms. The third-order valence-corrected chi connectivity index (χ3v) is 6.69. The van der Waals surface area contributed by atoms with E-state index in [1.807, 2.05) is 109 Å². The van der Waals surface area contributed by atoms with Crippen LogP contribution < -0.4 is 20.9 Å². The molecule has 0 saturated carbocycles. The molecule has 4 aromatic carbocycles. The average molecular weight is 553 g/mol. The van der Waals surface area contributed by atoms with Gasteiger partial charge in [0.1, 0.15) is 34.5 Å². The number of H-pyrrole nitrogens is 2. The van der Waals surface area contributed by atoms with E-state index in [0.717, 1.165) is 22.6 Å². The summed E-state index contributed by atoms with van der Waals surface area (Å²) < 4.78 is 11.8. The van der Waals surface area contributed by atoms with Crippen molar-refractivity contribution in [3.8, 4) is 56.9 Å². The molecule has 0 aliphatic carbocycles. The third-order valence-electron chi connectivity index (χ3n) is 6.69. The van der Waals surface area contributed by atoms with Crippen LogP contribution in [0.3, 0.4) is 0 Å². The molecule has 0 unspecified atom stereocenters. The molecule has 10 heteroatoms. The van der Waals surface area contributed by atoms with Crippen LogP contribution >= 0.6 is 0 Å². The zero-order chi connectivity index (χ0) is 28.5. The Bertz CT molecular complexity index is 1990. The molecule has 0 aliphatic rings. The van der Waals surface area contributed by atoms with E-state index in [4.69, 9.17) is 25.9 Å². The number of hydrogen-bond acceptors (Lipinski definition) is 8. The molecular formula is C32H24N8O2. The number of nitrogens with zero attached hydrogens (tertiary/aromatic N) is 4. The summed E-state index contributed by atoms with van der Waals surface area (Å²) in [7, 11) is 0. The number of aromatic amines is 2. The minimum atomic E-state index is 0.252. The Balaban J connectivity index is 1.18. The number of para-hydroxylation sites is 2. The maximum atomic E-state index is 6.49. The molecule has 6 N–H and O–H groups in total. The van der Waals surface area contributed by atoms with Crippen LogP contribution in [0.15, 0.2) is 109 Å². The second-order valence-corrected chi connectivity index (χ2v) is 9.47. The van der Waals surface area contributed by atoms with Crippen LogP contribution in [-0.4, -0.2) is 30.4 Å². The van der Waals surface area contributed by atoms with E-state index >= 15 is 0 Å². The number of fused-ring (bicyclic) bond motifs is 1. The minimum absolute atomic E-state index is 0.252. The van der Waals surface area contributed by atoms with Gasteiger partial charge in [0.25, 0.3) is 0 Å². The molecule has 0 bridgehead atoms. The zero-order valence-corrected chi connectivity index (χ0v) is 22.2. The molecule has 3 aromatic heterocycles. The highest BCUT2D eigenvalue weighted by atomic mass is 16.5. The van der Waals surface area contributed by atoms with Gasteiger partial charge in [0.15, 0.2) is 17.3 Å². The van der Waals surface area contributed by atoms with Gasteiger partial charge in [-0.2, -0.15) is 10.2 Å². The number of aromatic nitrogens is 6. The standard InChI is InChI=1S/C32H24N8O2/c33-29-25-27(19-11-15-23(16-12-19)41-21-7-3-1-4-8-21)38-40-32(25)36-31(35-29)26-28(37-39-30(26)34)20-13-17-24(18-14-20)42-22-9-5-2-6-10-22/h1-18H,(H3,34,37,39)(H3,33,35,36,38,40). The van der Waals surface area contributed by atoms with Crippen molar-refractivity contribution in [3.63, 3.8) is 0 Å². The van der Waals surface area contributed by atoms with Gasteiger partial charge in [0.2, 0.25) is 0 Å². The lowest BCUT2D eigenvalue weighted by atomic mass is 10.1. The van der Waals surface area contributed by atoms with Crippen molar-refractivity contribution < 1.29 is 9.47 Å². The molecule has 0 saturated heterocycles. The van der Waals surface area contributed by atoms with E-state index in [2.05, 4.69) is 25.4 Å². The first kappa shape index (κ1) is 24.9. The molecule has 3 heterocycles. The van der Waals surface area contributed by atoms with Gasteiger partial charge < -0.3 is 20.9 Å². The highest BCUT2D eigenvalue weighted by Crippen LogP contribution is 2.37. The second kappa shape index (κ2) is 10.4. The number of rotatable bonds is 7. The summed E-state index contributed by atoms with van der Waals surface area (Å²) in [5.74, 6) is 3.76. The van der Waals surface area contributed by atoms with Crippen molar-refractivity contribution >= 4 is 22.7 Å². The van der Waals surface area contributed by atoms with E-state index in [9.17, 15) is 0 Å². The molecule has 0 aliphatic heterocycles. The second-order valence-electron chi connectivity index (χ2n) is 9.47. The van der Waals surface area contributed by atoms with Gasteiger partial charge in [-0.15, -0.1) is 0 Å². The number of benzene rings is 4. The van der Waals surface area contributed by atoms with E-state index in [1.54, 1.807) is 0 Å². The maximum Gasteiger partial charge on any atom is 0.169 e. The van der Waals surface area contributed by atoms with Crippen LogP contribution in [0.2, 0.25) is 0 Å². The fourth-order valence-corrected chi connectivity index (χ4v) is 4.69. The van der Waals surface area contributed by atoms with Crippen molar-refractivity contribution in [2.75, 3.05) is 11.5 Å². The number of nitrogen functional groups attached to an aromatic ring is 2. The smallest absolute Gasteiger partial charge is 0.169 e. The molecule has 204 valence electrons. The fraction of sp³-hybridized carbons (Fsp3) is 0. The maximum absolute atomic E-state index is 6.49. The van der Waals surface area contributed by atoms with Crippen molar-refractivity contribution in [2.45, 2.75) is 0 Å². The van der Waals surface area contributed by atoms with Crippen LogP contribution in [0, 0.1) is 0 Å². The topological polar surface area (TPSA) is 154 Å². The van der Waals surface area contributed by atoms with Crippen LogP contribution in [0.1, 0.15) is 0 Å². The Hall–Kier alpha value is -6.16. The molecule has 0 radical (unpaired) electrons. The average Bonchev–Trinajstić information content (AvgIpc) is 3.63. The summed E-state index contributed by atoms with van der Waals surface area (Å²) in [6.45, 7) is 0. The Morgan fingerprint density at radius 2 is 1.07 bits per heavy atom. The van der Waals surface area contributed by atoms with Crippen molar-refractivity contribution in [2.24, 2.45) is 0 Å². The van der Waals surface area contributed by atoms with E-state index < -0.39 is 0 Å². The van der Waals surface area contributed by atoms with E-state index in [-0.39, 0.29) is 11.6 Å². The van der Waals surface area contributed by atoms with Gasteiger partial charge in [-0.25, -0.2) is 9.97 Å². The first-order chi connectivity index (χ1) is 20.6. The lowest BCUT2D eigenvalue weighted by molar-refractivity contribution is 0.482. The SMILES string of the molecule is Nc1n[nH]c(-c2ccc(Oc3ccccc3)cc2)c1-c1nc(N)c2c(-c3ccc(Oc4ccccc4)cc3)n[nH]c2n1. The molecule has 0 fully saturated rings. The van der Waals surface area contributed by atoms with Crippen molar-refractivity contribution in [3.05, 3.63) is 109 Å². The first-order valence-corrected chi connectivity index (χ1v) is 13.1. The van der Waals surface area contributed by atoms with Gasteiger partial charge in [-0.05, 0) is 72.8 Å². The van der Waals surface area contributed by atoms with E-state index in [1.165, 1.54) is 0 Å². The number of nitrogens with one attached hydrogen (secondary N) is 2. The van der Waals surface area contributed by atoms with Gasteiger partial charge >= 0.3 is 0 Å². The quantitative estimate of drug-likeness (QED) is 0.168. The number of anilines is 2. The van der Waals surface area contributed by atoms with Gasteiger partial charge in [0.05, 0.1) is 16.6 Å². The minimum Gasteiger partial charge on any atom is -0.457 e. The Kier molecular flexibility index (Phi) is 6.17. The summed E-state index contributed by atoms with van der Waals surface area (Å²) in [5.41, 5.74) is 16.8. The van der Waals surface area contributed by atoms with Crippen LogP contribution in [-0.2, 0) is 0 Å². The lowest BCUT2D eigenvalue weighted by Crippen LogP contribution is -2.00. The fourth-order valence-electron chi connectivity index (χ4n) is 4.69. The number of nitrogens with two attached hydrogens (primary N) is 2. The predicted octanol–water partition coefficient (Wildman–Crippen LogP) is 6.83. The molecule has 10 nitrogen and oxygen atoms in total. The Morgan fingerprint density at radius 1 is 0.524 bits per heavy atom. The van der Waals surface area contributed by atoms with Gasteiger partial charge in [0, 0.05) is 11.1 Å². The van der Waals surface area contributed by atoms with Gasteiger partial charge in [-0.1, -0.05) is 36.4 Å². The molecule has 0 atom stereocenters. The third kappa shape index (κ3) is 4.73. The van der Waals surface area contributed by atoms with Crippen molar-refractivity contribution in [1.82, 2.24) is 30.4 Å². The molecular weight excluding hydrogens is 528 g/mol. The van der Waals surface area contributed by atoms with Crippen LogP contribution in [0.4, 0.5) is 11.6 Å². The Morgan fingerprint density at radius 3 is 1.67 bits per heavy atom. The number of hydrogen-bond donors (Lipinski definition) is 4. The first-order valence-electron chi connectivity index (χ1n) is 13.1. The summed E-state index contributed by atoms with van der Waals surface area (Å²) in [4.78, 5) is 9.33. The Labute approximate surface area is 240 Å². The summed E-state index contributed by atoms with van der Waals surface area (Å²) >= 11 is 0. The van der Waals surface area contributed by atoms with Gasteiger partial charge in [-0.3, -0.25) is 10.2 Å². The summed E-state index contributed by atoms with van der Waals surface area (Å²) in [5, 5.41) is 15.3. The zero-order valence-electron chi connectivity index (χ0n) is 22.2.